The van der Waals surface area contributed by atoms with E-state index in [0.717, 1.165) is 24.0 Å². The molecule has 1 atom stereocenters. The average Bonchev–Trinajstić information content (AvgIpc) is 2.36. The zero-order valence-corrected chi connectivity index (χ0v) is 11.2. The van der Waals surface area contributed by atoms with Gasteiger partial charge in [-0.15, -0.1) is 0 Å². The van der Waals surface area contributed by atoms with Crippen molar-refractivity contribution in [1.29, 1.82) is 0 Å². The van der Waals surface area contributed by atoms with E-state index in [4.69, 9.17) is 9.29 Å². The van der Waals surface area contributed by atoms with E-state index < -0.39 is 21.8 Å². The van der Waals surface area contributed by atoms with Crippen LogP contribution in [0.5, 0.6) is 0 Å². The minimum absolute atomic E-state index is 0.309. The van der Waals surface area contributed by atoms with Crippen LogP contribution in [0.25, 0.3) is 0 Å². The number of carbonyl (C=O) groups is 1. The molecule has 6 heteroatoms. The predicted molar refractivity (Wildman–Crippen MR) is 69.5 cm³/mol. The van der Waals surface area contributed by atoms with E-state index in [0.29, 0.717) is 6.42 Å². The van der Waals surface area contributed by atoms with Gasteiger partial charge in [0.05, 0.1) is 5.92 Å². The quantitative estimate of drug-likeness (QED) is 0.670. The van der Waals surface area contributed by atoms with Gasteiger partial charge >= 0.3 is 5.97 Å². The number of esters is 1. The second-order valence-corrected chi connectivity index (χ2v) is 6.17. The minimum atomic E-state index is -4.09. The molecule has 2 rings (SSSR count). The van der Waals surface area contributed by atoms with Gasteiger partial charge in [0.2, 0.25) is 0 Å². The maximum atomic E-state index is 11.9. The highest BCUT2D eigenvalue weighted by atomic mass is 32.2. The molecule has 0 aliphatic heterocycles. The molecule has 0 saturated carbocycles. The van der Waals surface area contributed by atoms with E-state index in [1.807, 2.05) is 24.3 Å². The normalized spacial score (nSPS) is 18.7. The summed E-state index contributed by atoms with van der Waals surface area (Å²) in [7, 11) is -4.09. The summed E-state index contributed by atoms with van der Waals surface area (Å²) in [5, 5.41) is 0. The number of aryl methyl sites for hydroxylation is 1. The van der Waals surface area contributed by atoms with E-state index in [1.165, 1.54) is 0 Å². The average molecular weight is 284 g/mol. The number of rotatable bonds is 4. The summed E-state index contributed by atoms with van der Waals surface area (Å²) in [6, 6.07) is 7.71. The summed E-state index contributed by atoms with van der Waals surface area (Å²) >= 11 is 0. The lowest BCUT2D eigenvalue weighted by atomic mass is 9.83. The van der Waals surface area contributed by atoms with Crippen LogP contribution in [0.4, 0.5) is 0 Å². The summed E-state index contributed by atoms with van der Waals surface area (Å²) in [6.45, 7) is -0.309. The molecule has 0 bridgehead atoms. The second kappa shape index (κ2) is 5.71. The van der Waals surface area contributed by atoms with Crippen molar-refractivity contribution in [3.8, 4) is 0 Å². The zero-order chi connectivity index (χ0) is 13.9. The van der Waals surface area contributed by atoms with Gasteiger partial charge in [-0.2, -0.15) is 8.42 Å². The fourth-order valence-electron chi connectivity index (χ4n) is 2.35. The van der Waals surface area contributed by atoms with E-state index >= 15 is 0 Å². The Labute approximate surface area is 112 Å². The standard InChI is InChI=1S/C13H16O5S/c14-13(18-8-9-19(15,16)17)12-7-3-5-10-4-1-2-6-11(10)12/h1-2,4,6,12H,3,5,7-9H2,(H,15,16,17). The minimum Gasteiger partial charge on any atom is -0.464 e. The first-order valence-electron chi connectivity index (χ1n) is 6.17. The highest BCUT2D eigenvalue weighted by molar-refractivity contribution is 7.85. The molecule has 1 aliphatic carbocycles. The lowest BCUT2D eigenvalue weighted by molar-refractivity contribution is -0.145. The van der Waals surface area contributed by atoms with Crippen LogP contribution < -0.4 is 0 Å². The number of carbonyl (C=O) groups excluding carboxylic acids is 1. The molecule has 0 amide bonds. The van der Waals surface area contributed by atoms with Crippen LogP contribution in [0, 0.1) is 0 Å². The molecule has 0 radical (unpaired) electrons. The van der Waals surface area contributed by atoms with Crippen molar-refractivity contribution in [1.82, 2.24) is 0 Å². The van der Waals surface area contributed by atoms with Crippen molar-refractivity contribution in [2.24, 2.45) is 0 Å². The molecule has 1 aliphatic rings. The Balaban J connectivity index is 2.01. The lowest BCUT2D eigenvalue weighted by Gasteiger charge is -2.23. The molecule has 5 nitrogen and oxygen atoms in total. The number of benzene rings is 1. The molecule has 1 N–H and O–H groups in total. The van der Waals surface area contributed by atoms with Crippen LogP contribution in [0.3, 0.4) is 0 Å². The third-order valence-electron chi connectivity index (χ3n) is 3.24. The van der Waals surface area contributed by atoms with Gasteiger partial charge in [0.25, 0.3) is 10.1 Å². The summed E-state index contributed by atoms with van der Waals surface area (Å²) in [6.07, 6.45) is 2.57. The van der Waals surface area contributed by atoms with Gasteiger partial charge in [-0.05, 0) is 30.4 Å². The molecular weight excluding hydrogens is 268 g/mol. The topological polar surface area (TPSA) is 80.7 Å². The first-order valence-corrected chi connectivity index (χ1v) is 7.78. The summed E-state index contributed by atoms with van der Waals surface area (Å²) in [5.41, 5.74) is 2.11. The fourth-order valence-corrected chi connectivity index (χ4v) is 2.64. The van der Waals surface area contributed by atoms with E-state index in [1.54, 1.807) is 0 Å². The Kier molecular flexibility index (Phi) is 4.21. The van der Waals surface area contributed by atoms with Crippen molar-refractivity contribution in [3.63, 3.8) is 0 Å². The molecule has 0 fully saturated rings. The van der Waals surface area contributed by atoms with E-state index in [9.17, 15) is 13.2 Å². The van der Waals surface area contributed by atoms with Crippen molar-refractivity contribution < 1.29 is 22.5 Å². The largest absolute Gasteiger partial charge is 0.464 e. The Morgan fingerprint density at radius 3 is 2.84 bits per heavy atom. The monoisotopic (exact) mass is 284 g/mol. The van der Waals surface area contributed by atoms with Gasteiger partial charge in [-0.1, -0.05) is 24.3 Å². The van der Waals surface area contributed by atoms with Crippen LogP contribution in [-0.2, 0) is 26.1 Å². The van der Waals surface area contributed by atoms with Gasteiger partial charge in [0.15, 0.2) is 0 Å². The highest BCUT2D eigenvalue weighted by Crippen LogP contribution is 2.32. The second-order valence-electron chi connectivity index (χ2n) is 4.60. The Bertz CT molecular complexity index is 564. The third-order valence-corrected chi connectivity index (χ3v) is 3.92. The van der Waals surface area contributed by atoms with Gasteiger partial charge in [0.1, 0.15) is 12.4 Å². The molecule has 1 unspecified atom stereocenters. The van der Waals surface area contributed by atoms with Gasteiger partial charge in [-0.25, -0.2) is 0 Å². The zero-order valence-electron chi connectivity index (χ0n) is 10.4. The van der Waals surface area contributed by atoms with Crippen LogP contribution in [0.2, 0.25) is 0 Å². The summed E-state index contributed by atoms with van der Waals surface area (Å²) in [5.74, 6) is -1.31. The third kappa shape index (κ3) is 3.78. The van der Waals surface area contributed by atoms with Crippen LogP contribution in [-0.4, -0.2) is 31.3 Å². The Morgan fingerprint density at radius 1 is 1.37 bits per heavy atom. The Hall–Kier alpha value is -1.40. The van der Waals surface area contributed by atoms with Crippen molar-refractivity contribution >= 4 is 16.1 Å². The van der Waals surface area contributed by atoms with Crippen LogP contribution in [0.1, 0.15) is 29.9 Å². The van der Waals surface area contributed by atoms with Gasteiger partial charge in [-0.3, -0.25) is 9.35 Å². The van der Waals surface area contributed by atoms with E-state index in [2.05, 4.69) is 0 Å². The molecular formula is C13H16O5S. The fraction of sp³-hybridized carbons (Fsp3) is 0.462. The van der Waals surface area contributed by atoms with Crippen molar-refractivity contribution in [2.75, 3.05) is 12.4 Å². The molecule has 0 aromatic heterocycles. The van der Waals surface area contributed by atoms with Gasteiger partial charge in [0, 0.05) is 0 Å². The smallest absolute Gasteiger partial charge is 0.313 e. The number of fused-ring (bicyclic) bond motifs is 1. The highest BCUT2D eigenvalue weighted by Gasteiger charge is 2.27. The van der Waals surface area contributed by atoms with Gasteiger partial charge < -0.3 is 4.74 Å². The van der Waals surface area contributed by atoms with Crippen LogP contribution in [0.15, 0.2) is 24.3 Å². The van der Waals surface area contributed by atoms with E-state index in [-0.39, 0.29) is 12.5 Å². The SMILES string of the molecule is O=C(OCCS(=O)(=O)O)C1CCCc2ccccc21. The summed E-state index contributed by atoms with van der Waals surface area (Å²) < 4.78 is 34.6. The van der Waals surface area contributed by atoms with Crippen LogP contribution >= 0.6 is 0 Å². The molecule has 1 aromatic carbocycles. The molecule has 0 heterocycles. The maximum absolute atomic E-state index is 11.9. The number of hydrogen-bond donors (Lipinski definition) is 1. The van der Waals surface area contributed by atoms with Crippen molar-refractivity contribution in [3.05, 3.63) is 35.4 Å². The molecule has 1 aromatic rings. The molecule has 19 heavy (non-hydrogen) atoms. The first-order chi connectivity index (χ1) is 8.97. The molecule has 104 valence electrons. The molecule has 0 saturated heterocycles. The Morgan fingerprint density at radius 2 is 2.11 bits per heavy atom. The van der Waals surface area contributed by atoms with Crippen molar-refractivity contribution in [2.45, 2.75) is 25.2 Å². The lowest BCUT2D eigenvalue weighted by Crippen LogP contribution is -2.23. The summed E-state index contributed by atoms with van der Waals surface area (Å²) in [4.78, 5) is 11.9. The molecule has 0 spiro atoms. The predicted octanol–water partition coefficient (Wildman–Crippen LogP) is 1.54. The first kappa shape index (κ1) is 14.0. The number of hydrogen-bond acceptors (Lipinski definition) is 4. The number of ether oxygens (including phenoxy) is 1. The maximum Gasteiger partial charge on any atom is 0.313 e.